The van der Waals surface area contributed by atoms with Crippen molar-refractivity contribution >= 4 is 5.97 Å². The minimum Gasteiger partial charge on any atom is -0.504 e. The van der Waals surface area contributed by atoms with Crippen LogP contribution >= 0.6 is 0 Å². The fraction of sp³-hybridized carbons (Fsp3) is 0.562. The molecule has 1 aliphatic rings. The number of benzene rings is 1. The van der Waals surface area contributed by atoms with Gasteiger partial charge in [-0.3, -0.25) is 9.69 Å². The summed E-state index contributed by atoms with van der Waals surface area (Å²) in [7, 11) is 1.52. The van der Waals surface area contributed by atoms with Crippen LogP contribution in [0.2, 0.25) is 0 Å². The van der Waals surface area contributed by atoms with Crippen molar-refractivity contribution in [1.29, 1.82) is 0 Å². The highest BCUT2D eigenvalue weighted by Gasteiger charge is 2.29. The standard InChI is InChI=1S/C16H23NO4/c1-3-21-16(19)13-6-4-5-9-17(13)11-12-7-8-15(20-2)14(18)10-12/h7-8,10,13,18H,3-6,9,11H2,1-2H3. The largest absolute Gasteiger partial charge is 0.504 e. The normalized spacial score (nSPS) is 19.2. The summed E-state index contributed by atoms with van der Waals surface area (Å²) in [6, 6.07) is 5.17. The second-order valence-electron chi connectivity index (χ2n) is 5.24. The van der Waals surface area contributed by atoms with Crippen molar-refractivity contribution in [2.24, 2.45) is 0 Å². The van der Waals surface area contributed by atoms with Crippen LogP contribution in [-0.2, 0) is 16.1 Å². The molecule has 0 amide bonds. The van der Waals surface area contributed by atoms with E-state index in [1.54, 1.807) is 12.1 Å². The first-order valence-corrected chi connectivity index (χ1v) is 7.42. The molecule has 0 saturated carbocycles. The average molecular weight is 293 g/mol. The lowest BCUT2D eigenvalue weighted by atomic mass is 10.0. The van der Waals surface area contributed by atoms with Gasteiger partial charge in [0.15, 0.2) is 11.5 Å². The zero-order valence-corrected chi connectivity index (χ0v) is 12.7. The van der Waals surface area contributed by atoms with Gasteiger partial charge in [-0.15, -0.1) is 0 Å². The highest BCUT2D eigenvalue weighted by Crippen LogP contribution is 2.28. The first-order valence-electron chi connectivity index (χ1n) is 7.42. The molecule has 21 heavy (non-hydrogen) atoms. The number of nitrogens with zero attached hydrogens (tertiary/aromatic N) is 1. The number of rotatable bonds is 5. The molecule has 1 fully saturated rings. The van der Waals surface area contributed by atoms with Gasteiger partial charge < -0.3 is 14.6 Å². The zero-order valence-electron chi connectivity index (χ0n) is 12.7. The highest BCUT2D eigenvalue weighted by molar-refractivity contribution is 5.75. The monoisotopic (exact) mass is 293 g/mol. The van der Waals surface area contributed by atoms with Crippen LogP contribution in [0.1, 0.15) is 31.7 Å². The number of esters is 1. The first kappa shape index (κ1) is 15.6. The summed E-state index contributed by atoms with van der Waals surface area (Å²) in [5.41, 5.74) is 0.962. The number of piperidine rings is 1. The smallest absolute Gasteiger partial charge is 0.323 e. The number of hydrogen-bond donors (Lipinski definition) is 1. The van der Waals surface area contributed by atoms with Crippen molar-refractivity contribution in [1.82, 2.24) is 4.90 Å². The van der Waals surface area contributed by atoms with Crippen LogP contribution in [0.5, 0.6) is 11.5 Å². The molecule has 1 aromatic rings. The molecule has 1 heterocycles. The summed E-state index contributed by atoms with van der Waals surface area (Å²) in [5, 5.41) is 9.84. The molecule has 5 heteroatoms. The van der Waals surface area contributed by atoms with Crippen LogP contribution in [0.3, 0.4) is 0 Å². The van der Waals surface area contributed by atoms with Crippen molar-refractivity contribution < 1.29 is 19.4 Å². The van der Waals surface area contributed by atoms with E-state index in [9.17, 15) is 9.90 Å². The van der Waals surface area contributed by atoms with E-state index in [2.05, 4.69) is 4.90 Å². The van der Waals surface area contributed by atoms with Crippen molar-refractivity contribution in [3.63, 3.8) is 0 Å². The van der Waals surface area contributed by atoms with Gasteiger partial charge in [0.25, 0.3) is 0 Å². The van der Waals surface area contributed by atoms with Crippen LogP contribution in [0, 0.1) is 0 Å². The first-order chi connectivity index (χ1) is 10.2. The topological polar surface area (TPSA) is 59.0 Å². The van der Waals surface area contributed by atoms with Gasteiger partial charge >= 0.3 is 5.97 Å². The number of phenolic OH excluding ortho intramolecular Hbond substituents is 1. The summed E-state index contributed by atoms with van der Waals surface area (Å²) in [4.78, 5) is 14.2. The minimum atomic E-state index is -0.178. The van der Waals surface area contributed by atoms with Crippen LogP contribution in [0.25, 0.3) is 0 Å². The number of carbonyl (C=O) groups excluding carboxylic acids is 1. The van der Waals surface area contributed by atoms with E-state index in [1.807, 2.05) is 13.0 Å². The van der Waals surface area contributed by atoms with Crippen molar-refractivity contribution in [2.75, 3.05) is 20.3 Å². The second-order valence-corrected chi connectivity index (χ2v) is 5.24. The third-order valence-electron chi connectivity index (χ3n) is 3.80. The lowest BCUT2D eigenvalue weighted by Gasteiger charge is -2.34. The van der Waals surface area contributed by atoms with Gasteiger partial charge in [0.05, 0.1) is 13.7 Å². The van der Waals surface area contributed by atoms with Gasteiger partial charge in [-0.2, -0.15) is 0 Å². The minimum absolute atomic E-state index is 0.125. The van der Waals surface area contributed by atoms with Crippen LogP contribution < -0.4 is 4.74 Å². The predicted molar refractivity (Wildman–Crippen MR) is 79.3 cm³/mol. The lowest BCUT2D eigenvalue weighted by molar-refractivity contribution is -0.151. The molecule has 0 radical (unpaired) electrons. The number of ether oxygens (including phenoxy) is 2. The van der Waals surface area contributed by atoms with E-state index < -0.39 is 0 Å². The van der Waals surface area contributed by atoms with Gasteiger partial charge in [-0.25, -0.2) is 0 Å². The van der Waals surface area contributed by atoms with E-state index in [1.165, 1.54) is 7.11 Å². The van der Waals surface area contributed by atoms with Crippen molar-refractivity contribution in [3.8, 4) is 11.5 Å². The fourth-order valence-electron chi connectivity index (χ4n) is 2.75. The Morgan fingerprint density at radius 2 is 2.24 bits per heavy atom. The number of hydrogen-bond acceptors (Lipinski definition) is 5. The molecule has 0 spiro atoms. The molecule has 5 nitrogen and oxygen atoms in total. The molecule has 116 valence electrons. The van der Waals surface area contributed by atoms with Gasteiger partial charge in [0, 0.05) is 6.54 Å². The maximum Gasteiger partial charge on any atom is 0.323 e. The highest BCUT2D eigenvalue weighted by atomic mass is 16.5. The van der Waals surface area contributed by atoms with Gasteiger partial charge in [0.1, 0.15) is 6.04 Å². The molecule has 1 aromatic carbocycles. The zero-order chi connectivity index (χ0) is 15.2. The number of phenols is 1. The lowest BCUT2D eigenvalue weighted by Crippen LogP contribution is -2.44. The third-order valence-corrected chi connectivity index (χ3v) is 3.80. The van der Waals surface area contributed by atoms with Crippen molar-refractivity contribution in [2.45, 2.75) is 38.8 Å². The number of methoxy groups -OCH3 is 1. The molecule has 1 N–H and O–H groups in total. The molecule has 1 unspecified atom stereocenters. The van der Waals surface area contributed by atoms with E-state index in [0.29, 0.717) is 18.9 Å². The summed E-state index contributed by atoms with van der Waals surface area (Å²) in [6.07, 6.45) is 2.97. The summed E-state index contributed by atoms with van der Waals surface area (Å²) in [6.45, 7) is 3.73. The van der Waals surface area contributed by atoms with E-state index in [0.717, 1.165) is 31.4 Å². The second kappa shape index (κ2) is 7.31. The summed E-state index contributed by atoms with van der Waals surface area (Å²) in [5.74, 6) is 0.439. The molecule has 1 saturated heterocycles. The Bertz CT molecular complexity index is 489. The van der Waals surface area contributed by atoms with Gasteiger partial charge in [-0.1, -0.05) is 12.5 Å². The van der Waals surface area contributed by atoms with Crippen LogP contribution in [-0.4, -0.2) is 42.3 Å². The number of carbonyl (C=O) groups is 1. The Morgan fingerprint density at radius 1 is 1.43 bits per heavy atom. The van der Waals surface area contributed by atoms with E-state index in [4.69, 9.17) is 9.47 Å². The van der Waals surface area contributed by atoms with Crippen LogP contribution in [0.4, 0.5) is 0 Å². The van der Waals surface area contributed by atoms with Gasteiger partial charge in [-0.05, 0) is 44.0 Å². The molecule has 0 aliphatic carbocycles. The molecule has 1 aliphatic heterocycles. The maximum absolute atomic E-state index is 12.0. The Morgan fingerprint density at radius 3 is 2.90 bits per heavy atom. The third kappa shape index (κ3) is 3.88. The Kier molecular flexibility index (Phi) is 5.44. The Balaban J connectivity index is 2.08. The van der Waals surface area contributed by atoms with E-state index >= 15 is 0 Å². The molecule has 0 bridgehead atoms. The van der Waals surface area contributed by atoms with Crippen molar-refractivity contribution in [3.05, 3.63) is 23.8 Å². The molecule has 1 atom stereocenters. The predicted octanol–water partition coefficient (Wildman–Crippen LogP) is 2.32. The average Bonchev–Trinajstić information content (AvgIpc) is 2.48. The maximum atomic E-state index is 12.0. The molecule has 2 rings (SSSR count). The van der Waals surface area contributed by atoms with Gasteiger partial charge in [0.2, 0.25) is 0 Å². The fourth-order valence-corrected chi connectivity index (χ4v) is 2.75. The molecule has 0 aromatic heterocycles. The summed E-state index contributed by atoms with van der Waals surface area (Å²) < 4.78 is 10.2. The molecular formula is C16H23NO4. The van der Waals surface area contributed by atoms with E-state index in [-0.39, 0.29) is 17.8 Å². The number of aromatic hydroxyl groups is 1. The summed E-state index contributed by atoms with van der Waals surface area (Å²) >= 11 is 0. The SMILES string of the molecule is CCOC(=O)C1CCCCN1Cc1ccc(OC)c(O)c1. The van der Waals surface area contributed by atoms with Crippen LogP contribution in [0.15, 0.2) is 18.2 Å². The quantitative estimate of drug-likeness (QED) is 0.844. The Labute approximate surface area is 125 Å². The Hall–Kier alpha value is -1.75. The molecular weight excluding hydrogens is 270 g/mol. The number of likely N-dealkylation sites (tertiary alicyclic amines) is 1.